The van der Waals surface area contributed by atoms with E-state index in [0.29, 0.717) is 21.4 Å². The number of phenolic OH excluding ortho intramolecular Hbond substituents is 1. The van der Waals surface area contributed by atoms with Crippen LogP contribution >= 0.6 is 23.4 Å². The normalized spacial score (nSPS) is 26.1. The molecular weight excluding hydrogens is 404 g/mol. The molecule has 3 atom stereocenters. The summed E-state index contributed by atoms with van der Waals surface area (Å²) in [6, 6.07) is 15.1. The van der Waals surface area contributed by atoms with Crippen LogP contribution in [-0.4, -0.2) is 27.5 Å². The SMILES string of the molecule is C[C@@H]1CCCC[C@@H]1N1C(=O)/C(=C/c2cc(Cl)ccc2O)SC1Nc1ccccc1. The molecule has 1 saturated heterocycles. The topological polar surface area (TPSA) is 52.6 Å². The molecule has 2 aromatic carbocycles. The van der Waals surface area contributed by atoms with E-state index in [9.17, 15) is 9.90 Å². The number of benzene rings is 2. The number of nitrogens with zero attached hydrogens (tertiary/aromatic N) is 1. The molecule has 29 heavy (non-hydrogen) atoms. The summed E-state index contributed by atoms with van der Waals surface area (Å²) in [5.74, 6) is 0.598. The molecule has 1 amide bonds. The second kappa shape index (κ2) is 8.72. The zero-order chi connectivity index (χ0) is 20.4. The first-order valence-corrected chi connectivity index (χ1v) is 11.3. The Morgan fingerprint density at radius 2 is 1.93 bits per heavy atom. The van der Waals surface area contributed by atoms with Gasteiger partial charge in [0.05, 0.1) is 4.91 Å². The highest BCUT2D eigenvalue weighted by molar-refractivity contribution is 8.05. The van der Waals surface area contributed by atoms with Gasteiger partial charge >= 0.3 is 0 Å². The quantitative estimate of drug-likeness (QED) is 0.592. The Balaban J connectivity index is 1.67. The minimum absolute atomic E-state index is 0.0153. The van der Waals surface area contributed by atoms with Crippen molar-refractivity contribution in [3.05, 3.63) is 64.0 Å². The summed E-state index contributed by atoms with van der Waals surface area (Å²) in [7, 11) is 0. The fraction of sp³-hybridized carbons (Fsp3) is 0.348. The average Bonchev–Trinajstić information content (AvgIpc) is 3.01. The molecule has 2 N–H and O–H groups in total. The minimum Gasteiger partial charge on any atom is -0.507 e. The van der Waals surface area contributed by atoms with Crippen LogP contribution in [0.4, 0.5) is 5.69 Å². The average molecular weight is 429 g/mol. The van der Waals surface area contributed by atoms with Gasteiger partial charge in [-0.25, -0.2) is 0 Å². The third kappa shape index (κ3) is 4.41. The Bertz CT molecular complexity index is 918. The summed E-state index contributed by atoms with van der Waals surface area (Å²) < 4.78 is 0. The number of rotatable bonds is 4. The number of hydrogen-bond acceptors (Lipinski definition) is 4. The molecule has 1 heterocycles. The summed E-state index contributed by atoms with van der Waals surface area (Å²) in [6.45, 7) is 2.24. The second-order valence-electron chi connectivity index (χ2n) is 7.73. The first-order chi connectivity index (χ1) is 14.0. The molecule has 1 aliphatic heterocycles. The zero-order valence-electron chi connectivity index (χ0n) is 16.3. The lowest BCUT2D eigenvalue weighted by molar-refractivity contribution is -0.129. The van der Waals surface area contributed by atoms with Gasteiger partial charge in [0.15, 0.2) is 5.50 Å². The maximum absolute atomic E-state index is 13.4. The van der Waals surface area contributed by atoms with Crippen LogP contribution in [0.25, 0.3) is 6.08 Å². The molecule has 2 aliphatic rings. The molecule has 1 unspecified atom stereocenters. The molecule has 4 rings (SSSR count). The molecule has 2 aromatic rings. The maximum atomic E-state index is 13.4. The van der Waals surface area contributed by atoms with Crippen molar-refractivity contribution in [1.82, 2.24) is 4.90 Å². The predicted molar refractivity (Wildman–Crippen MR) is 121 cm³/mol. The summed E-state index contributed by atoms with van der Waals surface area (Å²) >= 11 is 7.59. The number of aromatic hydroxyl groups is 1. The van der Waals surface area contributed by atoms with Crippen molar-refractivity contribution in [3.63, 3.8) is 0 Å². The fourth-order valence-electron chi connectivity index (χ4n) is 4.15. The number of phenols is 1. The van der Waals surface area contributed by atoms with E-state index in [1.165, 1.54) is 18.2 Å². The Morgan fingerprint density at radius 1 is 1.17 bits per heavy atom. The summed E-state index contributed by atoms with van der Waals surface area (Å²) in [5.41, 5.74) is 1.37. The Hall–Kier alpha value is -2.11. The Labute approximate surface area is 180 Å². The molecule has 0 aromatic heterocycles. The highest BCUT2D eigenvalue weighted by Crippen LogP contribution is 2.42. The number of para-hydroxylation sites is 1. The molecule has 0 bridgehead atoms. The maximum Gasteiger partial charge on any atom is 0.262 e. The van der Waals surface area contributed by atoms with Crippen molar-refractivity contribution in [2.75, 3.05) is 5.32 Å². The third-order valence-corrected chi connectivity index (χ3v) is 7.05. The van der Waals surface area contributed by atoms with E-state index in [0.717, 1.165) is 24.9 Å². The molecule has 0 radical (unpaired) electrons. The molecule has 0 spiro atoms. The van der Waals surface area contributed by atoms with Crippen LogP contribution in [0.1, 0.15) is 38.2 Å². The number of anilines is 1. The zero-order valence-corrected chi connectivity index (χ0v) is 17.9. The highest BCUT2D eigenvalue weighted by Gasteiger charge is 2.42. The lowest BCUT2D eigenvalue weighted by atomic mass is 9.85. The molecule has 4 nitrogen and oxygen atoms in total. The smallest absolute Gasteiger partial charge is 0.262 e. The largest absolute Gasteiger partial charge is 0.507 e. The van der Waals surface area contributed by atoms with E-state index in [1.807, 2.05) is 35.2 Å². The van der Waals surface area contributed by atoms with Gasteiger partial charge in [-0.2, -0.15) is 0 Å². The number of carbonyl (C=O) groups is 1. The van der Waals surface area contributed by atoms with Crippen molar-refractivity contribution in [2.24, 2.45) is 5.92 Å². The van der Waals surface area contributed by atoms with Crippen LogP contribution in [0, 0.1) is 5.92 Å². The molecular formula is C23H25ClN2O2S. The molecule has 152 valence electrons. The number of amides is 1. The van der Waals surface area contributed by atoms with Crippen LogP contribution in [0.3, 0.4) is 0 Å². The standard InChI is InChI=1S/C23H25ClN2O2S/c1-15-7-5-6-10-19(15)26-22(28)21(14-16-13-17(24)11-12-20(16)27)29-23(26)25-18-8-3-2-4-9-18/h2-4,8-9,11-15,19,23,25,27H,5-7,10H2,1H3/b21-14-/t15-,19+,23?/m1/s1. The molecule has 2 fully saturated rings. The van der Waals surface area contributed by atoms with Crippen molar-refractivity contribution >= 4 is 41.0 Å². The van der Waals surface area contributed by atoms with Gasteiger partial charge in [0.1, 0.15) is 5.75 Å². The van der Waals surface area contributed by atoms with Crippen LogP contribution in [0.2, 0.25) is 5.02 Å². The van der Waals surface area contributed by atoms with E-state index >= 15 is 0 Å². The van der Waals surface area contributed by atoms with Gasteiger partial charge in [0.2, 0.25) is 0 Å². The Morgan fingerprint density at radius 3 is 2.69 bits per heavy atom. The van der Waals surface area contributed by atoms with Crippen molar-refractivity contribution in [2.45, 2.75) is 44.1 Å². The number of nitrogens with one attached hydrogen (secondary N) is 1. The number of halogens is 1. The monoisotopic (exact) mass is 428 g/mol. The van der Waals surface area contributed by atoms with E-state index in [4.69, 9.17) is 11.6 Å². The predicted octanol–water partition coefficient (Wildman–Crippen LogP) is 5.94. The molecule has 1 saturated carbocycles. The van der Waals surface area contributed by atoms with Crippen LogP contribution in [0.5, 0.6) is 5.75 Å². The minimum atomic E-state index is -0.178. The van der Waals surface area contributed by atoms with Crippen LogP contribution in [-0.2, 0) is 4.79 Å². The number of hydrogen-bond donors (Lipinski definition) is 2. The van der Waals surface area contributed by atoms with Gasteiger partial charge in [0, 0.05) is 22.3 Å². The van der Waals surface area contributed by atoms with Crippen LogP contribution in [0.15, 0.2) is 53.4 Å². The second-order valence-corrected chi connectivity index (χ2v) is 9.29. The fourth-order valence-corrected chi connectivity index (χ4v) is 5.53. The van der Waals surface area contributed by atoms with E-state index < -0.39 is 0 Å². The number of carbonyl (C=O) groups excluding carboxylic acids is 1. The summed E-state index contributed by atoms with van der Waals surface area (Å²) in [4.78, 5) is 16.1. The van der Waals surface area contributed by atoms with Crippen molar-refractivity contribution < 1.29 is 9.90 Å². The molecule has 6 heteroatoms. The highest BCUT2D eigenvalue weighted by atomic mass is 35.5. The van der Waals surface area contributed by atoms with Gasteiger partial charge in [-0.15, -0.1) is 0 Å². The summed E-state index contributed by atoms with van der Waals surface area (Å²) in [6.07, 6.45) is 6.29. The van der Waals surface area contributed by atoms with Crippen LogP contribution < -0.4 is 5.32 Å². The lowest BCUT2D eigenvalue weighted by Crippen LogP contribution is -2.48. The van der Waals surface area contributed by atoms with E-state index in [2.05, 4.69) is 12.2 Å². The number of thioether (sulfide) groups is 1. The first-order valence-electron chi connectivity index (χ1n) is 10.0. The van der Waals surface area contributed by atoms with Gasteiger partial charge < -0.3 is 15.3 Å². The van der Waals surface area contributed by atoms with Crippen molar-refractivity contribution in [3.8, 4) is 5.75 Å². The molecule has 1 aliphatic carbocycles. The third-order valence-electron chi connectivity index (χ3n) is 5.70. The Kier molecular flexibility index (Phi) is 6.07. The summed E-state index contributed by atoms with van der Waals surface area (Å²) in [5, 5.41) is 14.2. The first kappa shape index (κ1) is 20.2. The lowest BCUT2D eigenvalue weighted by Gasteiger charge is -2.39. The van der Waals surface area contributed by atoms with Gasteiger partial charge in [-0.1, -0.05) is 61.3 Å². The van der Waals surface area contributed by atoms with Crippen molar-refractivity contribution in [1.29, 1.82) is 0 Å². The van der Waals surface area contributed by atoms with Gasteiger partial charge in [-0.05, 0) is 55.2 Å². The van der Waals surface area contributed by atoms with Gasteiger partial charge in [0.25, 0.3) is 5.91 Å². The van der Waals surface area contributed by atoms with E-state index in [1.54, 1.807) is 24.3 Å². The van der Waals surface area contributed by atoms with E-state index in [-0.39, 0.29) is 23.2 Å². The van der Waals surface area contributed by atoms with Gasteiger partial charge in [-0.3, -0.25) is 4.79 Å².